The summed E-state index contributed by atoms with van der Waals surface area (Å²) in [5.41, 5.74) is 0. The van der Waals surface area contributed by atoms with E-state index in [0.717, 1.165) is 26.1 Å². The quantitative estimate of drug-likeness (QED) is 0.578. The highest BCUT2D eigenvalue weighted by Crippen LogP contribution is 1.92. The van der Waals surface area contributed by atoms with E-state index in [2.05, 4.69) is 22.5 Å². The summed E-state index contributed by atoms with van der Waals surface area (Å²) in [6, 6.07) is 0.265. The molecule has 0 aliphatic carbocycles. The molecule has 1 atom stereocenters. The van der Waals surface area contributed by atoms with Crippen molar-refractivity contribution in [3.8, 4) is 0 Å². The van der Waals surface area contributed by atoms with Crippen molar-refractivity contribution in [3.05, 3.63) is 0 Å². The first kappa shape index (κ1) is 14.4. The first-order chi connectivity index (χ1) is 7.06. The van der Waals surface area contributed by atoms with Crippen LogP contribution in [0.1, 0.15) is 26.7 Å². The van der Waals surface area contributed by atoms with Gasteiger partial charge in [0, 0.05) is 19.0 Å². The maximum absolute atomic E-state index is 11.4. The zero-order valence-corrected chi connectivity index (χ0v) is 10.5. The average Bonchev–Trinajstić information content (AvgIpc) is 2.15. The fourth-order valence-corrected chi connectivity index (χ4v) is 1.25. The van der Waals surface area contributed by atoms with Crippen molar-refractivity contribution in [3.63, 3.8) is 0 Å². The minimum Gasteiger partial charge on any atom is -0.354 e. The number of nitrogens with one attached hydrogen (secondary N) is 2. The Balaban J connectivity index is 3.49. The fraction of sp³-hybridized carbons (Fsp3) is 0.909. The van der Waals surface area contributed by atoms with Gasteiger partial charge in [-0.15, -0.1) is 0 Å². The van der Waals surface area contributed by atoms with Crippen LogP contribution in [0.2, 0.25) is 0 Å². The summed E-state index contributed by atoms with van der Waals surface area (Å²) in [6.45, 7) is 6.78. The highest BCUT2D eigenvalue weighted by molar-refractivity contribution is 5.76. The smallest absolute Gasteiger partial charge is 0.221 e. The Morgan fingerprint density at radius 1 is 1.40 bits per heavy atom. The molecule has 0 aromatic rings. The van der Waals surface area contributed by atoms with Crippen LogP contribution >= 0.6 is 0 Å². The normalized spacial score (nSPS) is 12.9. The molecule has 4 heteroatoms. The Kier molecular flexibility index (Phi) is 8.33. The third-order valence-corrected chi connectivity index (χ3v) is 2.20. The summed E-state index contributed by atoms with van der Waals surface area (Å²) in [5.74, 6) is 0.141. The van der Waals surface area contributed by atoms with Crippen molar-refractivity contribution in [2.75, 3.05) is 33.7 Å². The standard InChI is InChI=1S/C11H25N3O/c1-5-12-8-6-11(15)13-10(2)7-9-14(3)4/h10,12H,5-9H2,1-4H3,(H,13,15). The molecule has 1 amide bonds. The van der Waals surface area contributed by atoms with Crippen LogP contribution in [0.5, 0.6) is 0 Å². The zero-order chi connectivity index (χ0) is 11.7. The second kappa shape index (κ2) is 8.68. The number of hydrogen-bond acceptors (Lipinski definition) is 3. The summed E-state index contributed by atoms with van der Waals surface area (Å²) in [7, 11) is 4.08. The third-order valence-electron chi connectivity index (χ3n) is 2.20. The lowest BCUT2D eigenvalue weighted by molar-refractivity contribution is -0.121. The van der Waals surface area contributed by atoms with Crippen molar-refractivity contribution >= 4 is 5.91 Å². The Morgan fingerprint density at radius 2 is 2.07 bits per heavy atom. The molecule has 0 rings (SSSR count). The van der Waals surface area contributed by atoms with Gasteiger partial charge in [-0.25, -0.2) is 0 Å². The molecule has 2 N–H and O–H groups in total. The van der Waals surface area contributed by atoms with Crippen LogP contribution in [-0.2, 0) is 4.79 Å². The van der Waals surface area contributed by atoms with Crippen LogP contribution in [0.25, 0.3) is 0 Å². The van der Waals surface area contributed by atoms with Gasteiger partial charge in [0.25, 0.3) is 0 Å². The fourth-order valence-electron chi connectivity index (χ4n) is 1.25. The van der Waals surface area contributed by atoms with Gasteiger partial charge in [-0.3, -0.25) is 4.79 Å². The predicted molar refractivity (Wildman–Crippen MR) is 63.9 cm³/mol. The van der Waals surface area contributed by atoms with Gasteiger partial charge in [-0.1, -0.05) is 6.92 Å². The summed E-state index contributed by atoms with van der Waals surface area (Å²) >= 11 is 0. The summed E-state index contributed by atoms with van der Waals surface area (Å²) in [6.07, 6.45) is 1.57. The van der Waals surface area contributed by atoms with Gasteiger partial charge < -0.3 is 15.5 Å². The number of rotatable bonds is 8. The number of hydrogen-bond donors (Lipinski definition) is 2. The van der Waals surface area contributed by atoms with Gasteiger partial charge >= 0.3 is 0 Å². The van der Waals surface area contributed by atoms with Gasteiger partial charge in [0.2, 0.25) is 5.91 Å². The first-order valence-corrected chi connectivity index (χ1v) is 5.71. The summed E-state index contributed by atoms with van der Waals surface area (Å²) < 4.78 is 0. The molecule has 0 fully saturated rings. The number of nitrogens with zero attached hydrogens (tertiary/aromatic N) is 1. The second-order valence-corrected chi connectivity index (χ2v) is 4.16. The molecule has 0 aliphatic rings. The molecule has 90 valence electrons. The van der Waals surface area contributed by atoms with E-state index in [1.165, 1.54) is 0 Å². The molecule has 0 aromatic heterocycles. The first-order valence-electron chi connectivity index (χ1n) is 5.71. The molecule has 0 saturated heterocycles. The molecule has 0 radical (unpaired) electrons. The molecule has 0 aromatic carbocycles. The van der Waals surface area contributed by atoms with Crippen LogP contribution < -0.4 is 10.6 Å². The maximum Gasteiger partial charge on any atom is 0.221 e. The molecule has 0 saturated carbocycles. The van der Waals surface area contributed by atoms with E-state index in [9.17, 15) is 4.79 Å². The molecular weight excluding hydrogens is 190 g/mol. The van der Waals surface area contributed by atoms with E-state index >= 15 is 0 Å². The van der Waals surface area contributed by atoms with Crippen molar-refractivity contribution < 1.29 is 4.79 Å². The molecule has 4 nitrogen and oxygen atoms in total. The Hall–Kier alpha value is -0.610. The molecule has 1 unspecified atom stereocenters. The minimum atomic E-state index is 0.141. The van der Waals surface area contributed by atoms with Crippen molar-refractivity contribution in [1.29, 1.82) is 0 Å². The van der Waals surface area contributed by atoms with Crippen molar-refractivity contribution in [2.24, 2.45) is 0 Å². The van der Waals surface area contributed by atoms with E-state index in [-0.39, 0.29) is 11.9 Å². The van der Waals surface area contributed by atoms with Crippen LogP contribution in [0.15, 0.2) is 0 Å². The van der Waals surface area contributed by atoms with E-state index in [4.69, 9.17) is 0 Å². The van der Waals surface area contributed by atoms with Gasteiger partial charge in [0.1, 0.15) is 0 Å². The molecule has 15 heavy (non-hydrogen) atoms. The second-order valence-electron chi connectivity index (χ2n) is 4.16. The van der Waals surface area contributed by atoms with Crippen molar-refractivity contribution in [1.82, 2.24) is 15.5 Å². The van der Waals surface area contributed by atoms with E-state index < -0.39 is 0 Å². The van der Waals surface area contributed by atoms with Gasteiger partial charge in [0.15, 0.2) is 0 Å². The van der Waals surface area contributed by atoms with Gasteiger partial charge in [0.05, 0.1) is 0 Å². The Labute approximate surface area is 93.4 Å². The summed E-state index contributed by atoms with van der Waals surface area (Å²) in [4.78, 5) is 13.5. The largest absolute Gasteiger partial charge is 0.354 e. The number of carbonyl (C=O) groups is 1. The zero-order valence-electron chi connectivity index (χ0n) is 10.5. The van der Waals surface area contributed by atoms with Crippen LogP contribution in [-0.4, -0.2) is 50.6 Å². The highest BCUT2D eigenvalue weighted by Gasteiger charge is 2.06. The Bertz CT molecular complexity index is 171. The van der Waals surface area contributed by atoms with E-state index in [0.29, 0.717) is 6.42 Å². The molecule has 0 aliphatic heterocycles. The summed E-state index contributed by atoms with van der Waals surface area (Å²) in [5, 5.41) is 6.12. The van der Waals surface area contributed by atoms with Gasteiger partial charge in [-0.05, 0) is 40.5 Å². The van der Waals surface area contributed by atoms with Crippen LogP contribution in [0.3, 0.4) is 0 Å². The maximum atomic E-state index is 11.4. The topological polar surface area (TPSA) is 44.4 Å². The monoisotopic (exact) mass is 215 g/mol. The minimum absolute atomic E-state index is 0.141. The SMILES string of the molecule is CCNCCC(=O)NC(C)CCN(C)C. The van der Waals surface area contributed by atoms with Gasteiger partial charge in [-0.2, -0.15) is 0 Å². The van der Waals surface area contributed by atoms with E-state index in [1.807, 2.05) is 21.0 Å². The predicted octanol–water partition coefficient (Wildman–Crippen LogP) is 0.442. The highest BCUT2D eigenvalue weighted by atomic mass is 16.1. The van der Waals surface area contributed by atoms with Crippen molar-refractivity contribution in [2.45, 2.75) is 32.7 Å². The molecule has 0 heterocycles. The average molecular weight is 215 g/mol. The number of amides is 1. The number of carbonyl (C=O) groups excluding carboxylic acids is 1. The lowest BCUT2D eigenvalue weighted by Crippen LogP contribution is -2.36. The van der Waals surface area contributed by atoms with Crippen LogP contribution in [0, 0.1) is 0 Å². The lowest BCUT2D eigenvalue weighted by Gasteiger charge is -2.16. The lowest BCUT2D eigenvalue weighted by atomic mass is 10.2. The molecular formula is C11H25N3O. The molecule has 0 spiro atoms. The molecule has 0 bridgehead atoms. The van der Waals surface area contributed by atoms with E-state index in [1.54, 1.807) is 0 Å². The Morgan fingerprint density at radius 3 is 2.60 bits per heavy atom. The van der Waals surface area contributed by atoms with Crippen LogP contribution in [0.4, 0.5) is 0 Å². The third kappa shape index (κ3) is 9.69.